The minimum atomic E-state index is -0.426. The quantitative estimate of drug-likeness (QED) is 0.551. The highest BCUT2D eigenvalue weighted by Gasteiger charge is 2.40. The van der Waals surface area contributed by atoms with E-state index in [0.717, 1.165) is 49.1 Å². The van der Waals surface area contributed by atoms with Crippen molar-refractivity contribution in [3.8, 4) is 5.75 Å². The molecule has 1 aliphatic heterocycles. The average Bonchev–Trinajstić information content (AvgIpc) is 3.63. The minimum absolute atomic E-state index is 0.0480. The smallest absolute Gasteiger partial charge is 0.406 e. The second-order valence-corrected chi connectivity index (χ2v) is 8.04. The van der Waals surface area contributed by atoms with E-state index in [0.29, 0.717) is 26.3 Å². The van der Waals surface area contributed by atoms with E-state index in [9.17, 15) is 9.59 Å². The van der Waals surface area contributed by atoms with Gasteiger partial charge in [-0.1, -0.05) is 12.1 Å². The van der Waals surface area contributed by atoms with Crippen LogP contribution in [0, 0.1) is 0 Å². The van der Waals surface area contributed by atoms with Crippen LogP contribution in [0.15, 0.2) is 18.2 Å². The van der Waals surface area contributed by atoms with Crippen LogP contribution in [-0.2, 0) is 20.7 Å². The topological polar surface area (TPSA) is 89.1 Å². The highest BCUT2D eigenvalue weighted by Crippen LogP contribution is 2.36. The Bertz CT molecular complexity index is 747. The van der Waals surface area contributed by atoms with Crippen molar-refractivity contribution in [3.05, 3.63) is 29.3 Å². The fourth-order valence-electron chi connectivity index (χ4n) is 3.98. The van der Waals surface area contributed by atoms with Gasteiger partial charge in [0, 0.05) is 25.7 Å². The number of hydrogen-bond donors (Lipinski definition) is 2. The molecule has 2 amide bonds. The van der Waals surface area contributed by atoms with Crippen molar-refractivity contribution >= 4 is 12.0 Å². The molecule has 1 saturated carbocycles. The van der Waals surface area contributed by atoms with Gasteiger partial charge in [0.2, 0.25) is 0 Å². The summed E-state index contributed by atoms with van der Waals surface area (Å²) in [6, 6.07) is 6.41. The van der Waals surface area contributed by atoms with Gasteiger partial charge >= 0.3 is 6.09 Å². The van der Waals surface area contributed by atoms with Gasteiger partial charge in [0.15, 0.2) is 0 Å². The SMILES string of the molecule is CCOc1ccc([C@@H](C)N(C(=O)[C@H]2CNCCO2)C2CC2)cc1CCCNC(=O)OC. The second kappa shape index (κ2) is 11.3. The summed E-state index contributed by atoms with van der Waals surface area (Å²) in [7, 11) is 1.36. The Balaban J connectivity index is 1.72. The van der Waals surface area contributed by atoms with Gasteiger partial charge < -0.3 is 29.7 Å². The Labute approximate surface area is 184 Å². The van der Waals surface area contributed by atoms with Gasteiger partial charge in [0.05, 0.1) is 26.4 Å². The van der Waals surface area contributed by atoms with Crippen LogP contribution in [0.1, 0.15) is 50.3 Å². The Kier molecular flexibility index (Phi) is 8.54. The van der Waals surface area contributed by atoms with Gasteiger partial charge in [-0.05, 0) is 56.7 Å². The van der Waals surface area contributed by atoms with E-state index < -0.39 is 12.2 Å². The lowest BCUT2D eigenvalue weighted by Gasteiger charge is -2.34. The lowest BCUT2D eigenvalue weighted by molar-refractivity contribution is -0.148. The molecule has 0 unspecified atom stereocenters. The number of ether oxygens (including phenoxy) is 3. The molecule has 31 heavy (non-hydrogen) atoms. The van der Waals surface area contributed by atoms with E-state index in [4.69, 9.17) is 9.47 Å². The van der Waals surface area contributed by atoms with Crippen LogP contribution in [0.4, 0.5) is 4.79 Å². The number of alkyl carbamates (subject to hydrolysis) is 1. The van der Waals surface area contributed by atoms with Gasteiger partial charge in [0.1, 0.15) is 11.9 Å². The molecule has 0 spiro atoms. The molecule has 2 aliphatic rings. The van der Waals surface area contributed by atoms with Gasteiger partial charge in [0.25, 0.3) is 5.91 Å². The van der Waals surface area contributed by atoms with Crippen molar-refractivity contribution in [1.29, 1.82) is 0 Å². The molecule has 0 aromatic heterocycles. The van der Waals surface area contributed by atoms with E-state index >= 15 is 0 Å². The van der Waals surface area contributed by atoms with E-state index in [2.05, 4.69) is 34.4 Å². The Hall–Kier alpha value is -2.32. The fourth-order valence-corrected chi connectivity index (χ4v) is 3.98. The van der Waals surface area contributed by atoms with Crippen LogP contribution in [0.2, 0.25) is 0 Å². The van der Waals surface area contributed by atoms with Crippen LogP contribution in [0.25, 0.3) is 0 Å². The zero-order valence-electron chi connectivity index (χ0n) is 18.8. The molecule has 1 heterocycles. The normalized spacial score (nSPS) is 19.4. The number of amides is 2. The number of nitrogens with one attached hydrogen (secondary N) is 2. The molecule has 1 saturated heterocycles. The van der Waals surface area contributed by atoms with Crippen molar-refractivity contribution in [1.82, 2.24) is 15.5 Å². The van der Waals surface area contributed by atoms with Gasteiger partial charge in [-0.25, -0.2) is 4.79 Å². The highest BCUT2D eigenvalue weighted by atomic mass is 16.5. The van der Waals surface area contributed by atoms with Crippen LogP contribution in [-0.4, -0.2) is 69.0 Å². The fraction of sp³-hybridized carbons (Fsp3) is 0.652. The minimum Gasteiger partial charge on any atom is -0.494 e. The summed E-state index contributed by atoms with van der Waals surface area (Å²) in [5, 5.41) is 5.96. The van der Waals surface area contributed by atoms with E-state index in [1.807, 2.05) is 17.9 Å². The molecular weight excluding hydrogens is 398 g/mol. The number of carbonyl (C=O) groups is 2. The molecule has 8 heteroatoms. The summed E-state index contributed by atoms with van der Waals surface area (Å²) in [4.78, 5) is 26.5. The summed E-state index contributed by atoms with van der Waals surface area (Å²) >= 11 is 0. The number of aryl methyl sites for hydroxylation is 1. The molecule has 0 bridgehead atoms. The lowest BCUT2D eigenvalue weighted by atomic mass is 9.99. The third-order valence-electron chi connectivity index (χ3n) is 5.76. The van der Waals surface area contributed by atoms with Crippen molar-refractivity contribution in [2.45, 2.75) is 57.7 Å². The molecule has 2 atom stereocenters. The number of rotatable bonds is 10. The maximum Gasteiger partial charge on any atom is 0.406 e. The second-order valence-electron chi connectivity index (χ2n) is 8.04. The lowest BCUT2D eigenvalue weighted by Crippen LogP contribution is -2.50. The molecule has 3 rings (SSSR count). The zero-order chi connectivity index (χ0) is 22.2. The Morgan fingerprint density at radius 1 is 1.35 bits per heavy atom. The summed E-state index contributed by atoms with van der Waals surface area (Å²) in [5.41, 5.74) is 2.17. The number of hydrogen-bond acceptors (Lipinski definition) is 6. The molecule has 1 aliphatic carbocycles. The summed E-state index contributed by atoms with van der Waals surface area (Å²) in [6.45, 7) is 7.08. The first kappa shape index (κ1) is 23.3. The van der Waals surface area contributed by atoms with Crippen molar-refractivity contribution < 1.29 is 23.8 Å². The standard InChI is InChI=1S/C23H35N3O5/c1-4-30-20-10-7-17(14-18(20)6-5-11-25-23(28)29-3)16(2)26(19-8-9-19)22(27)21-15-24-12-13-31-21/h7,10,14,16,19,21,24H,4-6,8-9,11-13,15H2,1-3H3,(H,25,28)/t16-,21-/m1/s1. The molecule has 1 aromatic carbocycles. The first-order chi connectivity index (χ1) is 15.0. The van der Waals surface area contributed by atoms with E-state index in [1.54, 1.807) is 0 Å². The van der Waals surface area contributed by atoms with Crippen LogP contribution in [0.3, 0.4) is 0 Å². The molecule has 0 radical (unpaired) electrons. The first-order valence-corrected chi connectivity index (χ1v) is 11.3. The average molecular weight is 434 g/mol. The molecule has 8 nitrogen and oxygen atoms in total. The van der Waals surface area contributed by atoms with Crippen LogP contribution >= 0.6 is 0 Å². The summed E-state index contributed by atoms with van der Waals surface area (Å²) in [6.07, 6.45) is 2.76. The van der Waals surface area contributed by atoms with Crippen molar-refractivity contribution in [2.24, 2.45) is 0 Å². The monoisotopic (exact) mass is 433 g/mol. The number of methoxy groups -OCH3 is 1. The number of morpholine rings is 1. The number of nitrogens with zero attached hydrogens (tertiary/aromatic N) is 1. The van der Waals surface area contributed by atoms with Gasteiger partial charge in [-0.15, -0.1) is 0 Å². The third kappa shape index (κ3) is 6.33. The maximum atomic E-state index is 13.2. The molecule has 172 valence electrons. The summed E-state index contributed by atoms with van der Waals surface area (Å²) in [5.74, 6) is 0.917. The highest BCUT2D eigenvalue weighted by molar-refractivity contribution is 5.82. The molecule has 2 fully saturated rings. The predicted molar refractivity (Wildman–Crippen MR) is 117 cm³/mol. The van der Waals surface area contributed by atoms with Crippen molar-refractivity contribution in [2.75, 3.05) is 40.0 Å². The van der Waals surface area contributed by atoms with Crippen LogP contribution in [0.5, 0.6) is 5.75 Å². The molecule has 1 aromatic rings. The third-order valence-corrected chi connectivity index (χ3v) is 5.76. The Morgan fingerprint density at radius 2 is 2.16 bits per heavy atom. The Morgan fingerprint density at radius 3 is 2.81 bits per heavy atom. The molecule has 2 N–H and O–H groups in total. The van der Waals surface area contributed by atoms with E-state index in [-0.39, 0.29) is 18.0 Å². The van der Waals surface area contributed by atoms with Gasteiger partial charge in [-0.3, -0.25) is 4.79 Å². The predicted octanol–water partition coefficient (Wildman–Crippen LogP) is 2.41. The van der Waals surface area contributed by atoms with Crippen molar-refractivity contribution in [3.63, 3.8) is 0 Å². The van der Waals surface area contributed by atoms with Gasteiger partial charge in [-0.2, -0.15) is 0 Å². The number of benzene rings is 1. The molecular formula is C23H35N3O5. The van der Waals surface area contributed by atoms with Crippen LogP contribution < -0.4 is 15.4 Å². The zero-order valence-corrected chi connectivity index (χ0v) is 18.8. The maximum absolute atomic E-state index is 13.2. The summed E-state index contributed by atoms with van der Waals surface area (Å²) < 4.78 is 16.2. The largest absolute Gasteiger partial charge is 0.494 e. The van der Waals surface area contributed by atoms with E-state index in [1.165, 1.54) is 7.11 Å². The number of carbonyl (C=O) groups excluding carboxylic acids is 2. The first-order valence-electron chi connectivity index (χ1n) is 11.3.